The van der Waals surface area contributed by atoms with Crippen molar-refractivity contribution < 1.29 is 9.21 Å². The van der Waals surface area contributed by atoms with Gasteiger partial charge in [-0.3, -0.25) is 4.79 Å². The predicted octanol–water partition coefficient (Wildman–Crippen LogP) is 4.96. The summed E-state index contributed by atoms with van der Waals surface area (Å²) in [6.45, 7) is 2.76. The number of furan rings is 1. The van der Waals surface area contributed by atoms with Gasteiger partial charge in [-0.1, -0.05) is 25.0 Å². The van der Waals surface area contributed by atoms with Gasteiger partial charge >= 0.3 is 0 Å². The van der Waals surface area contributed by atoms with Crippen LogP contribution in [0.5, 0.6) is 0 Å². The zero-order chi connectivity index (χ0) is 16.5. The number of para-hydroxylation sites is 1. The van der Waals surface area contributed by atoms with E-state index in [-0.39, 0.29) is 5.91 Å². The van der Waals surface area contributed by atoms with Crippen LogP contribution in [0.3, 0.4) is 0 Å². The van der Waals surface area contributed by atoms with Crippen molar-refractivity contribution in [2.75, 3.05) is 6.54 Å². The van der Waals surface area contributed by atoms with Crippen LogP contribution in [0.1, 0.15) is 43.2 Å². The van der Waals surface area contributed by atoms with Crippen molar-refractivity contribution in [2.24, 2.45) is 0 Å². The van der Waals surface area contributed by atoms with Gasteiger partial charge in [0, 0.05) is 12.6 Å². The molecule has 24 heavy (non-hydrogen) atoms. The first kappa shape index (κ1) is 15.4. The van der Waals surface area contributed by atoms with Crippen molar-refractivity contribution in [1.82, 2.24) is 9.88 Å². The normalized spacial score (nSPS) is 15.2. The number of hydrogen-bond donors (Lipinski definition) is 0. The Morgan fingerprint density at radius 1 is 1.25 bits per heavy atom. The highest BCUT2D eigenvalue weighted by molar-refractivity contribution is 7.21. The molecule has 124 valence electrons. The molecule has 1 aromatic carbocycles. The molecule has 1 saturated carbocycles. The quantitative estimate of drug-likeness (QED) is 0.674. The van der Waals surface area contributed by atoms with Gasteiger partial charge in [0.25, 0.3) is 5.91 Å². The second kappa shape index (κ2) is 6.40. The predicted molar refractivity (Wildman–Crippen MR) is 96.3 cm³/mol. The fourth-order valence-electron chi connectivity index (χ4n) is 3.47. The molecule has 1 amide bonds. The minimum absolute atomic E-state index is 0.00300. The number of aromatic nitrogens is 1. The van der Waals surface area contributed by atoms with Crippen molar-refractivity contribution in [3.8, 4) is 10.8 Å². The van der Waals surface area contributed by atoms with Gasteiger partial charge in [0.05, 0.1) is 10.2 Å². The number of fused-ring (bicyclic) bond motifs is 1. The van der Waals surface area contributed by atoms with Crippen LogP contribution in [0.4, 0.5) is 0 Å². The first-order chi connectivity index (χ1) is 11.8. The van der Waals surface area contributed by atoms with Crippen LogP contribution in [-0.4, -0.2) is 28.4 Å². The molecule has 1 fully saturated rings. The Labute approximate surface area is 145 Å². The summed E-state index contributed by atoms with van der Waals surface area (Å²) in [5.41, 5.74) is 0.961. The molecular weight excluding hydrogens is 320 g/mol. The number of hydrogen-bond acceptors (Lipinski definition) is 4. The molecule has 4 rings (SSSR count). The van der Waals surface area contributed by atoms with Crippen molar-refractivity contribution >= 4 is 27.5 Å². The molecule has 1 aliphatic rings. The molecule has 5 heteroatoms. The Balaban J connectivity index is 1.60. The lowest BCUT2D eigenvalue weighted by Gasteiger charge is -2.26. The number of nitrogens with zero attached hydrogens (tertiary/aromatic N) is 2. The number of carbonyl (C=O) groups excluding carboxylic acids is 1. The van der Waals surface area contributed by atoms with E-state index < -0.39 is 0 Å². The molecule has 3 aromatic rings. The SMILES string of the molecule is CCN(C(=O)c1ccc(-c2nc3ccccc3s2)o1)C1CCCC1. The van der Waals surface area contributed by atoms with E-state index in [0.717, 1.165) is 34.6 Å². The Bertz CT molecular complexity index is 828. The van der Waals surface area contributed by atoms with Gasteiger partial charge in [0.2, 0.25) is 0 Å². The first-order valence-electron chi connectivity index (χ1n) is 8.53. The van der Waals surface area contributed by atoms with Gasteiger partial charge in [-0.2, -0.15) is 0 Å². The van der Waals surface area contributed by atoms with E-state index in [0.29, 0.717) is 17.6 Å². The van der Waals surface area contributed by atoms with Gasteiger partial charge in [-0.25, -0.2) is 4.98 Å². The minimum atomic E-state index is -0.00300. The highest BCUT2D eigenvalue weighted by Crippen LogP contribution is 2.32. The fourth-order valence-corrected chi connectivity index (χ4v) is 4.40. The smallest absolute Gasteiger partial charge is 0.289 e. The largest absolute Gasteiger partial charge is 0.448 e. The molecule has 0 spiro atoms. The lowest BCUT2D eigenvalue weighted by molar-refractivity contribution is 0.0662. The maximum absolute atomic E-state index is 12.8. The van der Waals surface area contributed by atoms with Crippen LogP contribution in [-0.2, 0) is 0 Å². The Morgan fingerprint density at radius 2 is 2.04 bits per heavy atom. The third-order valence-electron chi connectivity index (χ3n) is 4.69. The van der Waals surface area contributed by atoms with Gasteiger partial charge < -0.3 is 9.32 Å². The summed E-state index contributed by atoms with van der Waals surface area (Å²) in [6.07, 6.45) is 4.63. The molecule has 0 saturated heterocycles. The molecule has 0 N–H and O–H groups in total. The zero-order valence-corrected chi connectivity index (χ0v) is 14.5. The number of thiazole rings is 1. The van der Waals surface area contributed by atoms with Crippen LogP contribution in [0.15, 0.2) is 40.8 Å². The van der Waals surface area contributed by atoms with Crippen LogP contribution >= 0.6 is 11.3 Å². The van der Waals surface area contributed by atoms with Crippen LogP contribution in [0.25, 0.3) is 21.0 Å². The lowest BCUT2D eigenvalue weighted by Crippen LogP contribution is -2.38. The number of rotatable bonds is 4. The standard InChI is InChI=1S/C19H20N2O2S/c1-2-21(13-7-3-4-8-13)19(22)16-12-11-15(23-16)18-20-14-9-5-6-10-17(14)24-18/h5-6,9-13H,2-4,7-8H2,1H3. The maximum atomic E-state index is 12.8. The van der Waals surface area contributed by atoms with Gasteiger partial charge in [0.15, 0.2) is 16.5 Å². The lowest BCUT2D eigenvalue weighted by atomic mass is 10.2. The Morgan fingerprint density at radius 3 is 2.79 bits per heavy atom. The van der Waals surface area contributed by atoms with E-state index in [1.807, 2.05) is 42.2 Å². The number of carbonyl (C=O) groups is 1. The summed E-state index contributed by atoms with van der Waals surface area (Å²) in [4.78, 5) is 19.3. The molecule has 2 heterocycles. The molecule has 2 aromatic heterocycles. The van der Waals surface area contributed by atoms with E-state index in [2.05, 4.69) is 4.98 Å². The van der Waals surface area contributed by atoms with E-state index in [1.54, 1.807) is 17.4 Å². The van der Waals surface area contributed by atoms with Crippen LogP contribution < -0.4 is 0 Å². The van der Waals surface area contributed by atoms with Crippen molar-refractivity contribution in [2.45, 2.75) is 38.6 Å². The first-order valence-corrected chi connectivity index (χ1v) is 9.34. The molecule has 4 nitrogen and oxygen atoms in total. The van der Waals surface area contributed by atoms with Gasteiger partial charge in [-0.15, -0.1) is 11.3 Å². The fraction of sp³-hybridized carbons (Fsp3) is 0.368. The highest BCUT2D eigenvalue weighted by atomic mass is 32.1. The minimum Gasteiger partial charge on any atom is -0.448 e. The van der Waals surface area contributed by atoms with E-state index in [4.69, 9.17) is 4.42 Å². The summed E-state index contributed by atoms with van der Waals surface area (Å²) in [5, 5.41) is 0.819. The van der Waals surface area contributed by atoms with Gasteiger partial charge in [-0.05, 0) is 44.0 Å². The molecule has 1 aliphatic carbocycles. The zero-order valence-electron chi connectivity index (χ0n) is 13.7. The summed E-state index contributed by atoms with van der Waals surface area (Å²) < 4.78 is 6.98. The van der Waals surface area contributed by atoms with E-state index in [1.165, 1.54) is 12.8 Å². The second-order valence-electron chi connectivity index (χ2n) is 6.18. The molecule has 0 atom stereocenters. The summed E-state index contributed by atoms with van der Waals surface area (Å²) in [7, 11) is 0. The average molecular weight is 340 g/mol. The summed E-state index contributed by atoms with van der Waals surface area (Å²) in [5.74, 6) is 1.08. The average Bonchev–Trinajstić information content (AvgIpc) is 3.34. The third kappa shape index (κ3) is 2.73. The maximum Gasteiger partial charge on any atom is 0.289 e. The Kier molecular flexibility index (Phi) is 4.10. The molecule has 0 radical (unpaired) electrons. The summed E-state index contributed by atoms with van der Waals surface area (Å²) >= 11 is 1.59. The van der Waals surface area contributed by atoms with Crippen LogP contribution in [0.2, 0.25) is 0 Å². The number of amides is 1. The molecule has 0 bridgehead atoms. The van der Waals surface area contributed by atoms with E-state index >= 15 is 0 Å². The highest BCUT2D eigenvalue weighted by Gasteiger charge is 2.28. The molecule has 0 aliphatic heterocycles. The monoisotopic (exact) mass is 340 g/mol. The van der Waals surface area contributed by atoms with Crippen LogP contribution in [0, 0.1) is 0 Å². The van der Waals surface area contributed by atoms with Crippen molar-refractivity contribution in [1.29, 1.82) is 0 Å². The van der Waals surface area contributed by atoms with Crippen molar-refractivity contribution in [3.63, 3.8) is 0 Å². The van der Waals surface area contributed by atoms with Gasteiger partial charge in [0.1, 0.15) is 0 Å². The third-order valence-corrected chi connectivity index (χ3v) is 5.74. The second-order valence-corrected chi connectivity index (χ2v) is 7.21. The van der Waals surface area contributed by atoms with E-state index in [9.17, 15) is 4.79 Å². The molecule has 0 unspecified atom stereocenters. The number of benzene rings is 1. The topological polar surface area (TPSA) is 46.3 Å². The Hall–Kier alpha value is -2.14. The van der Waals surface area contributed by atoms with Crippen molar-refractivity contribution in [3.05, 3.63) is 42.2 Å². The summed E-state index contributed by atoms with van der Waals surface area (Å²) in [6, 6.07) is 12.0. The molecular formula is C19H20N2O2S.